The topological polar surface area (TPSA) is 84.2 Å². The number of piperidine rings is 1. The van der Waals surface area contributed by atoms with Crippen LogP contribution in [0.1, 0.15) is 50.5 Å². The number of halogens is 1. The van der Waals surface area contributed by atoms with Gasteiger partial charge >= 0.3 is 0 Å². The van der Waals surface area contributed by atoms with E-state index in [1.807, 2.05) is 25.8 Å². The summed E-state index contributed by atoms with van der Waals surface area (Å²) in [4.78, 5) is 29.4. The van der Waals surface area contributed by atoms with Gasteiger partial charge in [-0.1, -0.05) is 12.1 Å². The summed E-state index contributed by atoms with van der Waals surface area (Å²) in [6, 6.07) is 5.73. The van der Waals surface area contributed by atoms with Crippen LogP contribution in [0.25, 0.3) is 0 Å². The number of aryl methyl sites for hydroxylation is 1. The van der Waals surface area contributed by atoms with Crippen LogP contribution in [-0.4, -0.2) is 68.0 Å². The molecule has 2 heterocycles. The number of hydrogen-bond donors (Lipinski definition) is 0. The number of carbonyl (C=O) groups is 2. The number of amides is 2. The van der Waals surface area contributed by atoms with Crippen molar-refractivity contribution < 1.29 is 14.0 Å². The lowest BCUT2D eigenvalue weighted by Gasteiger charge is -2.35. The largest absolute Gasteiger partial charge is 0.343 e. The van der Waals surface area contributed by atoms with Crippen molar-refractivity contribution in [2.24, 2.45) is 5.92 Å². The zero-order chi connectivity index (χ0) is 22.5. The minimum absolute atomic E-state index is 0.0520. The molecule has 1 aliphatic heterocycles. The van der Waals surface area contributed by atoms with Gasteiger partial charge in [-0.25, -0.2) is 9.07 Å². The van der Waals surface area contributed by atoms with E-state index in [2.05, 4.69) is 15.5 Å². The van der Waals surface area contributed by atoms with E-state index in [1.54, 1.807) is 28.6 Å². The van der Waals surface area contributed by atoms with Crippen LogP contribution in [0.15, 0.2) is 24.3 Å². The summed E-state index contributed by atoms with van der Waals surface area (Å²) in [5.41, 5.74) is 0.840. The molecule has 8 nitrogen and oxygen atoms in total. The summed E-state index contributed by atoms with van der Waals surface area (Å²) < 4.78 is 14.8. The van der Waals surface area contributed by atoms with Gasteiger partial charge in [0.2, 0.25) is 11.8 Å². The third-order valence-corrected chi connectivity index (χ3v) is 6.14. The number of nitrogens with zero attached hydrogens (tertiary/aromatic N) is 6. The second kappa shape index (κ2) is 9.98. The van der Waals surface area contributed by atoms with Gasteiger partial charge in [-0.3, -0.25) is 9.59 Å². The molecule has 1 aromatic heterocycles. The second-order valence-corrected chi connectivity index (χ2v) is 8.59. The van der Waals surface area contributed by atoms with E-state index in [9.17, 15) is 14.0 Å². The van der Waals surface area contributed by atoms with Gasteiger partial charge in [-0.05, 0) is 67.7 Å². The van der Waals surface area contributed by atoms with Gasteiger partial charge in [-0.2, -0.15) is 0 Å². The Balaban J connectivity index is 1.66. The summed E-state index contributed by atoms with van der Waals surface area (Å²) in [6.07, 6.45) is 2.48. The molecule has 0 bridgehead atoms. The van der Waals surface area contributed by atoms with E-state index in [0.29, 0.717) is 31.8 Å². The molecule has 9 heteroatoms. The monoisotopic (exact) mass is 430 g/mol. The normalized spacial score (nSPS) is 15.9. The first kappa shape index (κ1) is 22.8. The number of hydrogen-bond acceptors (Lipinski definition) is 5. The zero-order valence-electron chi connectivity index (χ0n) is 18.7. The second-order valence-electron chi connectivity index (χ2n) is 8.59. The molecule has 0 spiro atoms. The quantitative estimate of drug-likeness (QED) is 0.674. The van der Waals surface area contributed by atoms with Gasteiger partial charge in [-0.15, -0.1) is 5.10 Å². The van der Waals surface area contributed by atoms with E-state index in [0.717, 1.165) is 18.4 Å². The third-order valence-electron chi connectivity index (χ3n) is 6.14. The minimum atomic E-state index is -0.592. The van der Waals surface area contributed by atoms with Gasteiger partial charge in [0.1, 0.15) is 17.7 Å². The van der Waals surface area contributed by atoms with E-state index < -0.39 is 6.04 Å². The lowest BCUT2D eigenvalue weighted by molar-refractivity contribution is -0.137. The number of benzene rings is 1. The summed E-state index contributed by atoms with van der Waals surface area (Å²) in [5, 5.41) is 11.6. The molecule has 2 aromatic rings. The standard InChI is InChI=1S/C22H31FN6O2/c1-15(2)27(4)21(30)14-18-9-11-28(12-10-18)22(31)20(29-16(3)24-25-26-29)13-17-5-7-19(23)8-6-17/h5-8,15,18,20H,9-14H2,1-4H3/t20-/m1/s1. The highest BCUT2D eigenvalue weighted by Gasteiger charge is 2.32. The van der Waals surface area contributed by atoms with Crippen molar-refractivity contribution in [2.75, 3.05) is 20.1 Å². The molecular formula is C22H31FN6O2. The molecule has 1 aromatic carbocycles. The average Bonchev–Trinajstić information content (AvgIpc) is 3.18. The Kier molecular flexibility index (Phi) is 7.35. The maximum Gasteiger partial charge on any atom is 0.247 e. The van der Waals surface area contributed by atoms with E-state index in [4.69, 9.17) is 0 Å². The van der Waals surface area contributed by atoms with Crippen molar-refractivity contribution in [1.82, 2.24) is 30.0 Å². The van der Waals surface area contributed by atoms with Crippen LogP contribution in [0.4, 0.5) is 4.39 Å². The van der Waals surface area contributed by atoms with E-state index >= 15 is 0 Å². The van der Waals surface area contributed by atoms with Crippen molar-refractivity contribution >= 4 is 11.8 Å². The Hall–Kier alpha value is -2.84. The van der Waals surface area contributed by atoms with Crippen LogP contribution in [-0.2, 0) is 16.0 Å². The Morgan fingerprint density at radius 2 is 1.84 bits per heavy atom. The molecule has 1 aliphatic rings. The molecule has 0 radical (unpaired) electrons. The average molecular weight is 431 g/mol. The number of rotatable bonds is 7. The summed E-state index contributed by atoms with van der Waals surface area (Å²) >= 11 is 0. The van der Waals surface area contributed by atoms with E-state index in [1.165, 1.54) is 12.1 Å². The Morgan fingerprint density at radius 3 is 2.39 bits per heavy atom. The molecule has 31 heavy (non-hydrogen) atoms. The van der Waals surface area contributed by atoms with Crippen LogP contribution in [0.3, 0.4) is 0 Å². The third kappa shape index (κ3) is 5.65. The molecule has 2 amide bonds. The predicted octanol–water partition coefficient (Wildman–Crippen LogP) is 2.40. The highest BCUT2D eigenvalue weighted by atomic mass is 19.1. The Morgan fingerprint density at radius 1 is 1.19 bits per heavy atom. The maximum absolute atomic E-state index is 13.4. The molecular weight excluding hydrogens is 399 g/mol. The fourth-order valence-corrected chi connectivity index (χ4v) is 3.90. The molecule has 3 rings (SSSR count). The molecule has 0 saturated carbocycles. The summed E-state index contributed by atoms with van der Waals surface area (Å²) in [5.74, 6) is 0.618. The van der Waals surface area contributed by atoms with Gasteiger partial charge < -0.3 is 9.80 Å². The SMILES string of the molecule is Cc1nnnn1[C@H](Cc1ccc(F)cc1)C(=O)N1CCC(CC(=O)N(C)C(C)C)CC1. The van der Waals surface area contributed by atoms with Gasteiger partial charge in [0, 0.05) is 39.0 Å². The van der Waals surface area contributed by atoms with Crippen LogP contribution in [0.5, 0.6) is 0 Å². The first-order chi connectivity index (χ1) is 14.8. The summed E-state index contributed by atoms with van der Waals surface area (Å²) in [6.45, 7) is 6.96. The number of carbonyl (C=O) groups excluding carboxylic acids is 2. The van der Waals surface area contributed by atoms with E-state index in [-0.39, 0.29) is 29.6 Å². The summed E-state index contributed by atoms with van der Waals surface area (Å²) in [7, 11) is 1.83. The van der Waals surface area contributed by atoms with Gasteiger partial charge in [0.15, 0.2) is 0 Å². The van der Waals surface area contributed by atoms with Crippen LogP contribution >= 0.6 is 0 Å². The molecule has 0 N–H and O–H groups in total. The molecule has 1 fully saturated rings. The van der Waals surface area contributed by atoms with Crippen molar-refractivity contribution in [1.29, 1.82) is 0 Å². The highest BCUT2D eigenvalue weighted by Crippen LogP contribution is 2.25. The lowest BCUT2D eigenvalue weighted by atomic mass is 9.92. The molecule has 0 aliphatic carbocycles. The first-order valence-corrected chi connectivity index (χ1v) is 10.8. The lowest BCUT2D eigenvalue weighted by Crippen LogP contribution is -2.44. The van der Waals surface area contributed by atoms with Gasteiger partial charge in [0.05, 0.1) is 0 Å². The molecule has 168 valence electrons. The minimum Gasteiger partial charge on any atom is -0.343 e. The Labute approximate surface area is 182 Å². The molecule has 0 unspecified atom stereocenters. The van der Waals surface area contributed by atoms with Crippen molar-refractivity contribution in [2.45, 2.75) is 58.5 Å². The predicted molar refractivity (Wildman–Crippen MR) is 114 cm³/mol. The number of aromatic nitrogens is 4. The van der Waals surface area contributed by atoms with Gasteiger partial charge in [0.25, 0.3) is 0 Å². The fourth-order valence-electron chi connectivity index (χ4n) is 3.90. The number of likely N-dealkylation sites (tertiary alicyclic amines) is 1. The Bertz CT molecular complexity index is 890. The van der Waals surface area contributed by atoms with Crippen LogP contribution in [0, 0.1) is 18.7 Å². The molecule has 1 saturated heterocycles. The maximum atomic E-state index is 13.4. The van der Waals surface area contributed by atoms with Crippen molar-refractivity contribution in [3.63, 3.8) is 0 Å². The molecule has 1 atom stereocenters. The van der Waals surface area contributed by atoms with Crippen molar-refractivity contribution in [3.8, 4) is 0 Å². The number of tetrazole rings is 1. The van der Waals surface area contributed by atoms with Crippen LogP contribution < -0.4 is 0 Å². The fraction of sp³-hybridized carbons (Fsp3) is 0.591. The first-order valence-electron chi connectivity index (χ1n) is 10.8. The highest BCUT2D eigenvalue weighted by molar-refractivity contribution is 5.81. The van der Waals surface area contributed by atoms with Crippen LogP contribution in [0.2, 0.25) is 0 Å². The van der Waals surface area contributed by atoms with Crippen molar-refractivity contribution in [3.05, 3.63) is 41.5 Å². The zero-order valence-corrected chi connectivity index (χ0v) is 18.7. The smallest absolute Gasteiger partial charge is 0.247 e.